The maximum atomic E-state index is 13.6. The van der Waals surface area contributed by atoms with Gasteiger partial charge in [0.15, 0.2) is 0 Å². The van der Waals surface area contributed by atoms with Crippen molar-refractivity contribution in [3.05, 3.63) is 82.0 Å². The molecule has 0 radical (unpaired) electrons. The predicted molar refractivity (Wildman–Crippen MR) is 175 cm³/mol. The van der Waals surface area contributed by atoms with Crippen molar-refractivity contribution in [3.63, 3.8) is 0 Å². The second-order valence-corrected chi connectivity index (χ2v) is 12.2. The molecule has 3 amide bonds. The van der Waals surface area contributed by atoms with E-state index in [2.05, 4.69) is 30.9 Å². The van der Waals surface area contributed by atoms with E-state index in [0.29, 0.717) is 34.9 Å². The summed E-state index contributed by atoms with van der Waals surface area (Å²) in [4.78, 5) is 60.9. The number of hydrogen-bond donors (Lipinski definition) is 6. The standard InChI is InChI=1S/C34H41N7O4/c1-19(2)36-32(43)28-15-13-26(20(3)37-28)23-8-4-21(5-9-23)16-30(39-31(42)24-10-6-22(18-35)7-11-24)33(44)38-25-12-14-27-29(17-25)41-34(45)40-27/h4-5,8-9,12-15,17,19,22,24,30H,6-7,10-11,16,18,35H2,1-3H3,(H,36,43)(H,38,44)(H,39,42)(H2,40,41,45)/t22?,24?,30-/m0/s1. The number of nitrogens with zero attached hydrogens (tertiary/aromatic N) is 1. The Morgan fingerprint density at radius 1 is 0.933 bits per heavy atom. The van der Waals surface area contributed by atoms with Crippen LogP contribution in [0.25, 0.3) is 22.2 Å². The number of amides is 3. The fourth-order valence-electron chi connectivity index (χ4n) is 5.88. The first-order chi connectivity index (χ1) is 21.6. The quantitative estimate of drug-likeness (QED) is 0.159. The first-order valence-corrected chi connectivity index (χ1v) is 15.5. The van der Waals surface area contributed by atoms with E-state index < -0.39 is 6.04 Å². The molecule has 45 heavy (non-hydrogen) atoms. The first-order valence-electron chi connectivity index (χ1n) is 15.5. The van der Waals surface area contributed by atoms with Crippen molar-refractivity contribution in [3.8, 4) is 11.1 Å². The zero-order valence-electron chi connectivity index (χ0n) is 25.9. The molecule has 2 aromatic heterocycles. The third-order valence-corrected chi connectivity index (χ3v) is 8.41. The largest absolute Gasteiger partial charge is 0.349 e. The summed E-state index contributed by atoms with van der Waals surface area (Å²) in [6.07, 6.45) is 3.59. The van der Waals surface area contributed by atoms with E-state index in [9.17, 15) is 19.2 Å². The van der Waals surface area contributed by atoms with Gasteiger partial charge in [0.05, 0.1) is 11.0 Å². The number of carbonyl (C=O) groups excluding carboxylic acids is 3. The SMILES string of the molecule is Cc1nc(C(=O)NC(C)C)ccc1-c1ccc(C[C@H](NC(=O)C2CCC(CN)CC2)C(=O)Nc2ccc3[nH]c(=O)[nH]c3c2)cc1. The van der Waals surface area contributed by atoms with Gasteiger partial charge in [0.25, 0.3) is 5.91 Å². The van der Waals surface area contributed by atoms with E-state index in [-0.39, 0.29) is 41.8 Å². The average molecular weight is 612 g/mol. The summed E-state index contributed by atoms with van der Waals surface area (Å²) >= 11 is 0. The van der Waals surface area contributed by atoms with Crippen molar-refractivity contribution >= 4 is 34.4 Å². The minimum atomic E-state index is -0.821. The van der Waals surface area contributed by atoms with Gasteiger partial charge in [-0.25, -0.2) is 9.78 Å². The summed E-state index contributed by atoms with van der Waals surface area (Å²) in [7, 11) is 0. The molecule has 2 aromatic carbocycles. The molecule has 0 saturated heterocycles. The third kappa shape index (κ3) is 7.85. The van der Waals surface area contributed by atoms with Crippen LogP contribution in [0.3, 0.4) is 0 Å². The van der Waals surface area contributed by atoms with E-state index >= 15 is 0 Å². The number of H-pyrrole nitrogens is 2. The average Bonchev–Trinajstić information content (AvgIpc) is 3.40. The van der Waals surface area contributed by atoms with Gasteiger partial charge in [0.1, 0.15) is 11.7 Å². The van der Waals surface area contributed by atoms with Gasteiger partial charge < -0.3 is 31.7 Å². The number of aryl methyl sites for hydroxylation is 1. The van der Waals surface area contributed by atoms with Crippen LogP contribution >= 0.6 is 0 Å². The fraction of sp³-hybridized carbons (Fsp3) is 0.382. The molecule has 7 N–H and O–H groups in total. The lowest BCUT2D eigenvalue weighted by atomic mass is 9.81. The van der Waals surface area contributed by atoms with Gasteiger partial charge in [-0.2, -0.15) is 0 Å². The van der Waals surface area contributed by atoms with E-state index in [4.69, 9.17) is 5.73 Å². The lowest BCUT2D eigenvalue weighted by Gasteiger charge is -2.28. The molecule has 0 aliphatic heterocycles. The van der Waals surface area contributed by atoms with Crippen LogP contribution in [0.1, 0.15) is 61.3 Å². The molecule has 4 aromatic rings. The van der Waals surface area contributed by atoms with Gasteiger partial charge in [-0.1, -0.05) is 30.3 Å². The predicted octanol–water partition coefficient (Wildman–Crippen LogP) is 3.80. The van der Waals surface area contributed by atoms with Gasteiger partial charge in [0, 0.05) is 35.3 Å². The minimum absolute atomic E-state index is 0.0158. The Morgan fingerprint density at radius 2 is 1.64 bits per heavy atom. The highest BCUT2D eigenvalue weighted by Gasteiger charge is 2.29. The van der Waals surface area contributed by atoms with Crippen molar-refractivity contribution in [1.82, 2.24) is 25.6 Å². The smallest absolute Gasteiger partial charge is 0.323 e. The second-order valence-electron chi connectivity index (χ2n) is 12.2. The summed E-state index contributed by atoms with van der Waals surface area (Å²) in [5.41, 5.74) is 11.0. The number of pyridine rings is 1. The topological polar surface area (TPSA) is 175 Å². The van der Waals surface area contributed by atoms with Crippen molar-refractivity contribution in [2.45, 2.75) is 65.0 Å². The maximum Gasteiger partial charge on any atom is 0.323 e. The normalized spacial score (nSPS) is 17.2. The highest BCUT2D eigenvalue weighted by atomic mass is 16.2. The van der Waals surface area contributed by atoms with Crippen molar-refractivity contribution in [2.24, 2.45) is 17.6 Å². The molecule has 1 atom stereocenters. The third-order valence-electron chi connectivity index (χ3n) is 8.41. The number of anilines is 1. The van der Waals surface area contributed by atoms with E-state index in [0.717, 1.165) is 48.1 Å². The van der Waals surface area contributed by atoms with Crippen LogP contribution in [0.4, 0.5) is 5.69 Å². The highest BCUT2D eigenvalue weighted by molar-refractivity contribution is 5.99. The number of carbonyl (C=O) groups is 3. The van der Waals surface area contributed by atoms with E-state index in [1.165, 1.54) is 0 Å². The Balaban J connectivity index is 1.32. The van der Waals surface area contributed by atoms with Gasteiger partial charge in [-0.3, -0.25) is 14.4 Å². The molecule has 11 heteroatoms. The van der Waals surface area contributed by atoms with Crippen LogP contribution < -0.4 is 27.4 Å². The molecule has 0 bridgehead atoms. The van der Waals surface area contributed by atoms with Crippen molar-refractivity contribution in [2.75, 3.05) is 11.9 Å². The van der Waals surface area contributed by atoms with E-state index in [1.807, 2.05) is 51.1 Å². The molecule has 2 heterocycles. The Hall–Kier alpha value is -4.77. The Labute approximate surface area is 261 Å². The maximum absolute atomic E-state index is 13.6. The van der Waals surface area contributed by atoms with Crippen LogP contribution in [0.2, 0.25) is 0 Å². The summed E-state index contributed by atoms with van der Waals surface area (Å²) in [6.45, 7) is 6.30. The van der Waals surface area contributed by atoms with Crippen LogP contribution in [-0.4, -0.2) is 51.3 Å². The van der Waals surface area contributed by atoms with Crippen LogP contribution in [0.15, 0.2) is 59.4 Å². The number of hydrogen-bond acceptors (Lipinski definition) is 6. The van der Waals surface area contributed by atoms with Gasteiger partial charge >= 0.3 is 5.69 Å². The number of aromatic nitrogens is 3. The summed E-state index contributed by atoms with van der Waals surface area (Å²) in [6, 6.07) is 15.7. The monoisotopic (exact) mass is 611 g/mol. The van der Waals surface area contributed by atoms with Gasteiger partial charge in [-0.05, 0) is 94.3 Å². The molecule has 0 spiro atoms. The molecule has 1 aliphatic carbocycles. The van der Waals surface area contributed by atoms with Gasteiger partial charge in [0.2, 0.25) is 11.8 Å². The number of nitrogens with one attached hydrogen (secondary N) is 5. The van der Waals surface area contributed by atoms with Crippen molar-refractivity contribution in [1.29, 1.82) is 0 Å². The van der Waals surface area contributed by atoms with Crippen LogP contribution in [0.5, 0.6) is 0 Å². The van der Waals surface area contributed by atoms with E-state index in [1.54, 1.807) is 24.3 Å². The number of nitrogens with two attached hydrogens (primary N) is 1. The zero-order chi connectivity index (χ0) is 32.1. The number of aromatic amines is 2. The second kappa shape index (κ2) is 13.9. The number of rotatable bonds is 10. The molecular weight excluding hydrogens is 570 g/mol. The molecule has 236 valence electrons. The van der Waals surface area contributed by atoms with Crippen molar-refractivity contribution < 1.29 is 14.4 Å². The molecule has 11 nitrogen and oxygen atoms in total. The molecule has 1 aliphatic rings. The zero-order valence-corrected chi connectivity index (χ0v) is 25.9. The lowest BCUT2D eigenvalue weighted by Crippen LogP contribution is -2.48. The number of imidazole rings is 1. The molecule has 0 unspecified atom stereocenters. The Kier molecular flexibility index (Phi) is 9.77. The number of benzene rings is 2. The molecule has 5 rings (SSSR count). The minimum Gasteiger partial charge on any atom is -0.349 e. The summed E-state index contributed by atoms with van der Waals surface area (Å²) in [5, 5.41) is 8.79. The van der Waals surface area contributed by atoms with Crippen LogP contribution in [-0.2, 0) is 16.0 Å². The lowest BCUT2D eigenvalue weighted by molar-refractivity contribution is -0.130. The fourth-order valence-corrected chi connectivity index (χ4v) is 5.88. The Morgan fingerprint density at radius 3 is 2.31 bits per heavy atom. The van der Waals surface area contributed by atoms with Gasteiger partial charge in [-0.15, -0.1) is 0 Å². The summed E-state index contributed by atoms with van der Waals surface area (Å²) < 4.78 is 0. The highest BCUT2D eigenvalue weighted by Crippen LogP contribution is 2.29. The number of fused-ring (bicyclic) bond motifs is 1. The first kappa shape index (κ1) is 31.6. The molecular formula is C34H41N7O4. The molecule has 1 saturated carbocycles. The summed E-state index contributed by atoms with van der Waals surface area (Å²) in [5.74, 6) is -0.414. The molecule has 1 fully saturated rings. The van der Waals surface area contributed by atoms with Crippen LogP contribution in [0, 0.1) is 18.8 Å². The Bertz CT molecular complexity index is 1730.